The highest BCUT2D eigenvalue weighted by Gasteiger charge is 2.22. The summed E-state index contributed by atoms with van der Waals surface area (Å²) in [6.07, 6.45) is 7.07. The molecule has 4 aromatic rings. The molecule has 39 heavy (non-hydrogen) atoms. The lowest BCUT2D eigenvalue weighted by Crippen LogP contribution is -2.25. The molecule has 10 heteroatoms. The van der Waals surface area contributed by atoms with E-state index >= 15 is 0 Å². The molecule has 0 saturated heterocycles. The van der Waals surface area contributed by atoms with E-state index in [0.29, 0.717) is 42.1 Å². The predicted octanol–water partition coefficient (Wildman–Crippen LogP) is 7.52. The molecule has 1 amide bonds. The van der Waals surface area contributed by atoms with Gasteiger partial charge in [0.1, 0.15) is 11.6 Å². The highest BCUT2D eigenvalue weighted by Crippen LogP contribution is 2.35. The third-order valence-corrected chi connectivity index (χ3v) is 8.00. The molecule has 0 spiro atoms. The van der Waals surface area contributed by atoms with Crippen molar-refractivity contribution in [1.82, 2.24) is 9.66 Å². The van der Waals surface area contributed by atoms with E-state index in [0.717, 1.165) is 31.2 Å². The van der Waals surface area contributed by atoms with Crippen LogP contribution in [0.4, 0.5) is 5.69 Å². The van der Waals surface area contributed by atoms with Crippen LogP contribution in [0, 0.1) is 0 Å². The van der Waals surface area contributed by atoms with E-state index in [1.54, 1.807) is 36.5 Å². The highest BCUT2D eigenvalue weighted by atomic mass is 79.9. The maximum Gasteiger partial charge on any atom is 0.282 e. The molecule has 1 aromatic heterocycles. The van der Waals surface area contributed by atoms with E-state index in [9.17, 15) is 9.59 Å². The van der Waals surface area contributed by atoms with Crippen LogP contribution in [0.25, 0.3) is 10.9 Å². The van der Waals surface area contributed by atoms with Crippen LogP contribution in [0.5, 0.6) is 5.75 Å². The SMILES string of the molecule is O=C(COc1c(Br)cc(C=Nn2c(C3CCCCC3)nc3ccccc3c2=O)cc1Br)Nc1ccc(Cl)cc1. The number of hydrogen-bond donors (Lipinski definition) is 1. The second kappa shape index (κ2) is 12.4. The summed E-state index contributed by atoms with van der Waals surface area (Å²) in [5, 5.41) is 8.50. The number of rotatable bonds is 7. The zero-order valence-corrected chi connectivity index (χ0v) is 24.8. The van der Waals surface area contributed by atoms with Crippen molar-refractivity contribution in [2.45, 2.75) is 38.0 Å². The van der Waals surface area contributed by atoms with Crippen molar-refractivity contribution in [3.05, 3.63) is 96.4 Å². The first-order chi connectivity index (χ1) is 18.9. The molecular formula is C29H25Br2ClN4O3. The zero-order chi connectivity index (χ0) is 27.4. The zero-order valence-electron chi connectivity index (χ0n) is 20.9. The molecular weight excluding hydrogens is 648 g/mol. The molecule has 7 nitrogen and oxygen atoms in total. The number of anilines is 1. The van der Waals surface area contributed by atoms with Gasteiger partial charge in [0.05, 0.1) is 26.1 Å². The smallest absolute Gasteiger partial charge is 0.282 e. The van der Waals surface area contributed by atoms with Gasteiger partial charge >= 0.3 is 0 Å². The van der Waals surface area contributed by atoms with Gasteiger partial charge in [-0.2, -0.15) is 9.78 Å². The number of nitrogens with zero attached hydrogens (tertiary/aromatic N) is 3. The van der Waals surface area contributed by atoms with Crippen molar-refractivity contribution in [1.29, 1.82) is 0 Å². The van der Waals surface area contributed by atoms with Gasteiger partial charge in [-0.05, 0) is 98.8 Å². The van der Waals surface area contributed by atoms with E-state index in [2.05, 4.69) is 42.3 Å². The summed E-state index contributed by atoms with van der Waals surface area (Å²) in [6.45, 7) is -0.184. The molecule has 0 atom stereocenters. The fraction of sp³-hybridized carbons (Fsp3) is 0.241. The normalized spacial score (nSPS) is 14.1. The number of nitrogens with one attached hydrogen (secondary N) is 1. The Morgan fingerprint density at radius 2 is 1.77 bits per heavy atom. The van der Waals surface area contributed by atoms with Crippen LogP contribution < -0.4 is 15.6 Å². The first kappa shape index (κ1) is 27.6. The van der Waals surface area contributed by atoms with Crippen LogP contribution in [-0.4, -0.2) is 28.4 Å². The van der Waals surface area contributed by atoms with Crippen LogP contribution in [0.2, 0.25) is 5.02 Å². The monoisotopic (exact) mass is 670 g/mol. The lowest BCUT2D eigenvalue weighted by atomic mass is 9.88. The third kappa shape index (κ3) is 6.59. The van der Waals surface area contributed by atoms with E-state index in [1.807, 2.05) is 30.3 Å². The summed E-state index contributed by atoms with van der Waals surface area (Å²) >= 11 is 12.9. The molecule has 3 aromatic carbocycles. The Labute approximate surface area is 247 Å². The van der Waals surface area contributed by atoms with Crippen LogP contribution in [-0.2, 0) is 4.79 Å². The standard InChI is InChI=1S/C29H25Br2ClN4O3/c30-23-14-18(15-24(31)27(23)39-17-26(37)34-21-12-10-20(32)11-13-21)16-33-36-28(19-6-2-1-3-7-19)35-25-9-5-4-8-22(25)29(36)38/h4-5,8-16,19H,1-3,6-7,17H2,(H,34,37). The van der Waals surface area contributed by atoms with Crippen molar-refractivity contribution in [2.75, 3.05) is 11.9 Å². The maximum absolute atomic E-state index is 13.4. The second-order valence-electron chi connectivity index (χ2n) is 9.34. The molecule has 0 unspecified atom stereocenters. The van der Waals surface area contributed by atoms with Gasteiger partial charge in [-0.25, -0.2) is 4.98 Å². The summed E-state index contributed by atoms with van der Waals surface area (Å²) in [5.41, 5.74) is 1.88. The Balaban J connectivity index is 1.37. The van der Waals surface area contributed by atoms with Gasteiger partial charge in [0.25, 0.3) is 11.5 Å². The number of para-hydroxylation sites is 1. The molecule has 1 N–H and O–H groups in total. The average Bonchev–Trinajstić information content (AvgIpc) is 2.94. The van der Waals surface area contributed by atoms with Crippen molar-refractivity contribution >= 4 is 72.2 Å². The van der Waals surface area contributed by atoms with Gasteiger partial charge in [0.2, 0.25) is 0 Å². The van der Waals surface area contributed by atoms with Crippen LogP contribution >= 0.6 is 43.5 Å². The lowest BCUT2D eigenvalue weighted by Gasteiger charge is -2.22. The summed E-state index contributed by atoms with van der Waals surface area (Å²) in [7, 11) is 0. The minimum Gasteiger partial charge on any atom is -0.481 e. The molecule has 200 valence electrons. The molecule has 1 saturated carbocycles. The minimum absolute atomic E-state index is 0.179. The fourth-order valence-corrected chi connectivity index (χ4v) is 6.24. The molecule has 1 fully saturated rings. The Bertz CT molecular complexity index is 1580. The van der Waals surface area contributed by atoms with Gasteiger partial charge in [-0.15, -0.1) is 0 Å². The van der Waals surface area contributed by atoms with Crippen molar-refractivity contribution < 1.29 is 9.53 Å². The number of aromatic nitrogens is 2. The average molecular weight is 673 g/mol. The van der Waals surface area contributed by atoms with Crippen molar-refractivity contribution in [2.24, 2.45) is 5.10 Å². The summed E-state index contributed by atoms with van der Waals surface area (Å²) in [6, 6.07) is 17.9. The largest absolute Gasteiger partial charge is 0.481 e. The number of ether oxygens (including phenoxy) is 1. The van der Waals surface area contributed by atoms with Gasteiger partial charge in [-0.1, -0.05) is 43.0 Å². The van der Waals surface area contributed by atoms with Gasteiger partial charge in [0, 0.05) is 16.6 Å². The fourth-order valence-electron chi connectivity index (χ4n) is 4.66. The van der Waals surface area contributed by atoms with Crippen LogP contribution in [0.1, 0.15) is 49.4 Å². The number of carbonyl (C=O) groups is 1. The summed E-state index contributed by atoms with van der Waals surface area (Å²) < 4.78 is 8.48. The van der Waals surface area contributed by atoms with E-state index in [4.69, 9.17) is 21.3 Å². The number of halogens is 3. The molecule has 0 radical (unpaired) electrons. The minimum atomic E-state index is -0.305. The van der Waals surface area contributed by atoms with E-state index in [1.165, 1.54) is 11.1 Å². The van der Waals surface area contributed by atoms with E-state index in [-0.39, 0.29) is 24.0 Å². The Kier molecular flexibility index (Phi) is 8.79. The molecule has 0 bridgehead atoms. The van der Waals surface area contributed by atoms with Crippen molar-refractivity contribution in [3.8, 4) is 5.75 Å². The predicted molar refractivity (Wildman–Crippen MR) is 162 cm³/mol. The topological polar surface area (TPSA) is 85.6 Å². The Morgan fingerprint density at radius 3 is 2.49 bits per heavy atom. The number of carbonyl (C=O) groups excluding carboxylic acids is 1. The summed E-state index contributed by atoms with van der Waals surface area (Å²) in [4.78, 5) is 30.6. The molecule has 1 aliphatic carbocycles. The number of hydrogen-bond acceptors (Lipinski definition) is 5. The lowest BCUT2D eigenvalue weighted by molar-refractivity contribution is -0.118. The Morgan fingerprint density at radius 1 is 1.08 bits per heavy atom. The number of benzene rings is 3. The van der Waals surface area contributed by atoms with E-state index < -0.39 is 0 Å². The van der Waals surface area contributed by atoms with Crippen LogP contribution in [0.15, 0.2) is 79.5 Å². The first-order valence-corrected chi connectivity index (χ1v) is 14.6. The maximum atomic E-state index is 13.4. The quantitative estimate of drug-likeness (QED) is 0.206. The van der Waals surface area contributed by atoms with Crippen LogP contribution in [0.3, 0.4) is 0 Å². The van der Waals surface area contributed by atoms with Gasteiger partial charge in [0.15, 0.2) is 6.61 Å². The third-order valence-electron chi connectivity index (χ3n) is 6.57. The molecule has 1 heterocycles. The molecule has 5 rings (SSSR count). The van der Waals surface area contributed by atoms with Gasteiger partial charge < -0.3 is 10.1 Å². The second-order valence-corrected chi connectivity index (χ2v) is 11.5. The van der Waals surface area contributed by atoms with Crippen molar-refractivity contribution in [3.63, 3.8) is 0 Å². The number of amides is 1. The van der Waals surface area contributed by atoms with Gasteiger partial charge in [-0.3, -0.25) is 9.59 Å². The molecule has 0 aliphatic heterocycles. The Hall–Kier alpha value is -3.01. The highest BCUT2D eigenvalue weighted by molar-refractivity contribution is 9.11. The molecule has 1 aliphatic rings. The summed E-state index contributed by atoms with van der Waals surface area (Å²) in [5.74, 6) is 1.08. The first-order valence-electron chi connectivity index (χ1n) is 12.6. The number of fused-ring (bicyclic) bond motifs is 1.